The van der Waals surface area contributed by atoms with Crippen LogP contribution in [0, 0.1) is 0 Å². The highest BCUT2D eigenvalue weighted by Gasteiger charge is 1.96. The van der Waals surface area contributed by atoms with E-state index in [1.807, 2.05) is 0 Å². The van der Waals surface area contributed by atoms with Crippen LogP contribution in [0.3, 0.4) is 0 Å². The second-order valence-electron chi connectivity index (χ2n) is 3.85. The second kappa shape index (κ2) is 8.20. The summed E-state index contributed by atoms with van der Waals surface area (Å²) in [4.78, 5) is 2.12. The molecule has 0 amide bonds. The summed E-state index contributed by atoms with van der Waals surface area (Å²) >= 11 is 5.17. The minimum atomic E-state index is 0.777. The second-order valence-corrected chi connectivity index (χ2v) is 6.14. The number of thiophene rings is 1. The molecule has 0 atom stereocenters. The van der Waals surface area contributed by atoms with Gasteiger partial charge in [0.2, 0.25) is 0 Å². The minimum Gasteiger partial charge on any atom is -0.379 e. The van der Waals surface area contributed by atoms with Crippen LogP contribution in [0.5, 0.6) is 0 Å². The lowest BCUT2D eigenvalue weighted by Crippen LogP contribution is -2.22. The lowest BCUT2D eigenvalue weighted by Gasteiger charge is -2.09. The van der Waals surface area contributed by atoms with E-state index in [2.05, 4.69) is 51.7 Å². The van der Waals surface area contributed by atoms with Gasteiger partial charge >= 0.3 is 0 Å². The predicted molar refractivity (Wildman–Crippen MR) is 73.1 cm³/mol. The zero-order chi connectivity index (χ0) is 11.8. The van der Waals surface area contributed by atoms with Gasteiger partial charge in [0.15, 0.2) is 0 Å². The van der Waals surface area contributed by atoms with E-state index in [0.29, 0.717) is 0 Å². The Morgan fingerprint density at radius 2 is 2.25 bits per heavy atom. The van der Waals surface area contributed by atoms with Gasteiger partial charge in [0.25, 0.3) is 0 Å². The number of hydrogen-bond acceptors (Lipinski definition) is 4. The lowest BCUT2D eigenvalue weighted by atomic mass is 10.3. The number of ether oxygens (including phenoxy) is 1. The highest BCUT2D eigenvalue weighted by Crippen LogP contribution is 2.20. The molecule has 0 aliphatic rings. The smallest absolute Gasteiger partial charge is 0.0701 e. The van der Waals surface area contributed by atoms with Gasteiger partial charge < -0.3 is 15.0 Å². The molecule has 0 bridgehead atoms. The normalized spacial score (nSPS) is 11.2. The molecule has 0 aromatic carbocycles. The molecule has 92 valence electrons. The molecule has 1 aromatic heterocycles. The van der Waals surface area contributed by atoms with Crippen molar-refractivity contribution >= 4 is 27.3 Å². The summed E-state index contributed by atoms with van der Waals surface area (Å²) in [6.07, 6.45) is 0. The van der Waals surface area contributed by atoms with E-state index >= 15 is 0 Å². The van der Waals surface area contributed by atoms with Gasteiger partial charge in [-0.15, -0.1) is 11.3 Å². The molecule has 0 aliphatic carbocycles. The first kappa shape index (κ1) is 14.1. The molecular formula is C11H19BrN2OS. The maximum Gasteiger partial charge on any atom is 0.0701 e. The Balaban J connectivity index is 1.92. The third-order valence-corrected chi connectivity index (χ3v) is 3.61. The topological polar surface area (TPSA) is 24.5 Å². The molecule has 0 radical (unpaired) electrons. The van der Waals surface area contributed by atoms with Crippen LogP contribution in [0.4, 0.5) is 0 Å². The Morgan fingerprint density at radius 3 is 2.88 bits per heavy atom. The van der Waals surface area contributed by atoms with Crippen LogP contribution in [0.15, 0.2) is 15.2 Å². The molecule has 5 heteroatoms. The number of hydrogen-bond donors (Lipinski definition) is 1. The van der Waals surface area contributed by atoms with Gasteiger partial charge in [-0.2, -0.15) is 0 Å². The fraction of sp³-hybridized carbons (Fsp3) is 0.636. The Morgan fingerprint density at radius 1 is 1.44 bits per heavy atom. The number of nitrogens with zero attached hydrogens (tertiary/aromatic N) is 1. The first-order valence-corrected chi connectivity index (χ1v) is 7.02. The summed E-state index contributed by atoms with van der Waals surface area (Å²) in [6.45, 7) is 4.38. The number of halogens is 1. The molecule has 0 saturated carbocycles. The van der Waals surface area contributed by atoms with Gasteiger partial charge in [-0.3, -0.25) is 0 Å². The quantitative estimate of drug-likeness (QED) is 0.745. The predicted octanol–water partition coefficient (Wildman–Crippen LogP) is 2.18. The van der Waals surface area contributed by atoms with E-state index in [-0.39, 0.29) is 0 Å². The van der Waals surface area contributed by atoms with Crippen molar-refractivity contribution in [3.8, 4) is 0 Å². The van der Waals surface area contributed by atoms with E-state index in [4.69, 9.17) is 4.74 Å². The first-order valence-electron chi connectivity index (χ1n) is 5.34. The molecule has 0 aliphatic heterocycles. The van der Waals surface area contributed by atoms with E-state index in [1.165, 1.54) is 9.35 Å². The van der Waals surface area contributed by atoms with Crippen molar-refractivity contribution in [1.29, 1.82) is 0 Å². The van der Waals surface area contributed by atoms with Crippen LogP contribution in [0.1, 0.15) is 5.56 Å². The number of nitrogens with one attached hydrogen (secondary N) is 1. The van der Waals surface area contributed by atoms with Gasteiger partial charge in [0.05, 0.1) is 17.0 Å². The van der Waals surface area contributed by atoms with Gasteiger partial charge in [0, 0.05) is 19.6 Å². The fourth-order valence-corrected chi connectivity index (χ4v) is 2.37. The van der Waals surface area contributed by atoms with Crippen LogP contribution in [0.25, 0.3) is 0 Å². The molecule has 1 rings (SSSR count). The lowest BCUT2D eigenvalue weighted by molar-refractivity contribution is 0.119. The molecule has 0 saturated heterocycles. The molecule has 1 N–H and O–H groups in total. The molecule has 3 nitrogen and oxygen atoms in total. The van der Waals surface area contributed by atoms with Crippen molar-refractivity contribution in [3.05, 3.63) is 20.8 Å². The summed E-state index contributed by atoms with van der Waals surface area (Å²) in [5, 5.41) is 5.51. The molecule has 0 spiro atoms. The summed E-state index contributed by atoms with van der Waals surface area (Å²) in [5.41, 5.74) is 1.32. The minimum absolute atomic E-state index is 0.777. The zero-order valence-electron chi connectivity index (χ0n) is 9.83. The maximum absolute atomic E-state index is 5.48. The van der Waals surface area contributed by atoms with Crippen molar-refractivity contribution in [2.24, 2.45) is 0 Å². The molecule has 1 heterocycles. The van der Waals surface area contributed by atoms with Gasteiger partial charge in [-0.1, -0.05) is 0 Å². The number of likely N-dealkylation sites (N-methyl/N-ethyl adjacent to an activating group) is 1. The fourth-order valence-electron chi connectivity index (χ4n) is 1.16. The van der Waals surface area contributed by atoms with E-state index in [9.17, 15) is 0 Å². The molecule has 16 heavy (non-hydrogen) atoms. The Hall–Kier alpha value is 0.0600. The maximum atomic E-state index is 5.48. The highest BCUT2D eigenvalue weighted by molar-refractivity contribution is 9.11. The van der Waals surface area contributed by atoms with E-state index in [0.717, 1.165) is 32.8 Å². The van der Waals surface area contributed by atoms with Crippen LogP contribution in [0.2, 0.25) is 0 Å². The Kier molecular flexibility index (Phi) is 7.23. The van der Waals surface area contributed by atoms with Crippen molar-refractivity contribution in [1.82, 2.24) is 10.2 Å². The summed E-state index contributed by atoms with van der Waals surface area (Å²) in [5.74, 6) is 0. The third-order valence-electron chi connectivity index (χ3n) is 2.06. The summed E-state index contributed by atoms with van der Waals surface area (Å²) < 4.78 is 6.66. The third kappa shape index (κ3) is 6.60. The molecule has 0 unspecified atom stereocenters. The average molecular weight is 307 g/mol. The van der Waals surface area contributed by atoms with Crippen LogP contribution >= 0.6 is 27.3 Å². The van der Waals surface area contributed by atoms with Crippen LogP contribution < -0.4 is 5.32 Å². The van der Waals surface area contributed by atoms with Crippen molar-refractivity contribution in [3.63, 3.8) is 0 Å². The van der Waals surface area contributed by atoms with Gasteiger partial charge in [-0.25, -0.2) is 0 Å². The molecule has 1 aromatic rings. The van der Waals surface area contributed by atoms with E-state index in [1.54, 1.807) is 11.3 Å². The van der Waals surface area contributed by atoms with E-state index < -0.39 is 0 Å². The van der Waals surface area contributed by atoms with Crippen LogP contribution in [-0.4, -0.2) is 45.3 Å². The first-order chi connectivity index (χ1) is 7.68. The SMILES string of the molecule is CN(C)CCOCCNCc1csc(Br)c1. The molecule has 0 fully saturated rings. The van der Waals surface area contributed by atoms with Gasteiger partial charge in [-0.05, 0) is 47.0 Å². The summed E-state index contributed by atoms with van der Waals surface area (Å²) in [7, 11) is 4.10. The average Bonchev–Trinajstić information content (AvgIpc) is 2.62. The van der Waals surface area contributed by atoms with Crippen molar-refractivity contribution in [2.45, 2.75) is 6.54 Å². The summed E-state index contributed by atoms with van der Waals surface area (Å²) in [6, 6.07) is 2.14. The zero-order valence-corrected chi connectivity index (χ0v) is 12.2. The Labute approximate surface area is 110 Å². The van der Waals surface area contributed by atoms with Crippen molar-refractivity contribution in [2.75, 3.05) is 40.4 Å². The largest absolute Gasteiger partial charge is 0.379 e. The monoisotopic (exact) mass is 306 g/mol. The van der Waals surface area contributed by atoms with Gasteiger partial charge in [0.1, 0.15) is 0 Å². The van der Waals surface area contributed by atoms with Crippen LogP contribution in [-0.2, 0) is 11.3 Å². The Bertz CT molecular complexity index is 291. The highest BCUT2D eigenvalue weighted by atomic mass is 79.9. The molecular weight excluding hydrogens is 288 g/mol. The van der Waals surface area contributed by atoms with Crippen molar-refractivity contribution < 1.29 is 4.74 Å². The number of rotatable bonds is 8. The standard InChI is InChI=1S/C11H19BrN2OS/c1-14(2)4-6-15-5-3-13-8-10-7-11(12)16-9-10/h7,9,13H,3-6,8H2,1-2H3.